The van der Waals surface area contributed by atoms with Crippen LogP contribution in [0.1, 0.15) is 27.2 Å². The van der Waals surface area contributed by atoms with Crippen LogP contribution in [0.2, 0.25) is 0 Å². The Morgan fingerprint density at radius 1 is 1.60 bits per heavy atom. The Labute approximate surface area is 65.6 Å². The molecule has 0 bridgehead atoms. The predicted octanol–water partition coefficient (Wildman–Crippen LogP) is 0.881. The number of hydrogen-bond donors (Lipinski definition) is 1. The van der Waals surface area contributed by atoms with Gasteiger partial charge in [-0.25, -0.2) is 0 Å². The second-order valence-corrected chi connectivity index (χ2v) is 5.41. The van der Waals surface area contributed by atoms with E-state index < -0.39 is 10.8 Å². The quantitative estimate of drug-likeness (QED) is 0.671. The summed E-state index contributed by atoms with van der Waals surface area (Å²) in [5.41, 5.74) is 5.58. The minimum Gasteiger partial charge on any atom is -0.328 e. The molecule has 0 aromatic heterocycles. The first-order valence-corrected chi connectivity index (χ1v) is 5.01. The minimum atomic E-state index is -0.776. The Morgan fingerprint density at radius 3 is 2.10 bits per heavy atom. The van der Waals surface area contributed by atoms with Crippen LogP contribution in [0.15, 0.2) is 0 Å². The zero-order valence-electron chi connectivity index (χ0n) is 7.18. The molecule has 0 aliphatic heterocycles. The van der Waals surface area contributed by atoms with Gasteiger partial charge in [-0.1, -0.05) is 0 Å². The van der Waals surface area contributed by atoms with Crippen molar-refractivity contribution in [2.45, 2.75) is 38.0 Å². The van der Waals surface area contributed by atoms with Gasteiger partial charge in [0.15, 0.2) is 0 Å². The molecular weight excluding hydrogens is 146 g/mol. The Hall–Kier alpha value is 0.110. The molecule has 0 fully saturated rings. The molecule has 0 heterocycles. The summed E-state index contributed by atoms with van der Waals surface area (Å²) in [6, 6.07) is 0.138. The Bertz CT molecular complexity index is 132. The van der Waals surface area contributed by atoms with Crippen molar-refractivity contribution in [3.8, 4) is 0 Å². The predicted molar refractivity (Wildman–Crippen MR) is 46.4 cm³/mol. The molecule has 0 rings (SSSR count). The van der Waals surface area contributed by atoms with E-state index in [1.807, 2.05) is 20.8 Å². The molecule has 0 amide bonds. The normalized spacial score (nSPS) is 18.5. The van der Waals surface area contributed by atoms with E-state index in [2.05, 4.69) is 0 Å². The maximum Gasteiger partial charge on any atom is 0.0414 e. The van der Waals surface area contributed by atoms with Gasteiger partial charge in [0.25, 0.3) is 0 Å². The van der Waals surface area contributed by atoms with Crippen molar-refractivity contribution in [3.05, 3.63) is 0 Å². The van der Waals surface area contributed by atoms with Crippen molar-refractivity contribution in [1.29, 1.82) is 0 Å². The first kappa shape index (κ1) is 10.1. The molecule has 0 saturated heterocycles. The summed E-state index contributed by atoms with van der Waals surface area (Å²) in [6.07, 6.45) is 2.54. The number of rotatable bonds is 3. The van der Waals surface area contributed by atoms with Gasteiger partial charge >= 0.3 is 0 Å². The van der Waals surface area contributed by atoms with E-state index in [9.17, 15) is 4.21 Å². The second-order valence-electron chi connectivity index (χ2n) is 3.40. The summed E-state index contributed by atoms with van der Waals surface area (Å²) in [5.74, 6) is 0. The summed E-state index contributed by atoms with van der Waals surface area (Å²) in [4.78, 5) is 0. The Morgan fingerprint density at radius 2 is 2.00 bits per heavy atom. The Kier molecular flexibility index (Phi) is 3.52. The lowest BCUT2D eigenvalue weighted by Crippen LogP contribution is -2.33. The maximum absolute atomic E-state index is 11.1. The Balaban J connectivity index is 4.00. The smallest absolute Gasteiger partial charge is 0.0414 e. The number of nitrogens with two attached hydrogens (primary N) is 1. The van der Waals surface area contributed by atoms with Crippen LogP contribution >= 0.6 is 0 Å². The summed E-state index contributed by atoms with van der Waals surface area (Å²) < 4.78 is 10.9. The molecule has 0 aromatic rings. The van der Waals surface area contributed by atoms with Crippen LogP contribution in [0.5, 0.6) is 0 Å². The van der Waals surface area contributed by atoms with Crippen LogP contribution in [0.25, 0.3) is 0 Å². The lowest BCUT2D eigenvalue weighted by molar-refractivity contribution is 0.538. The molecule has 0 spiro atoms. The zero-order valence-corrected chi connectivity index (χ0v) is 7.99. The highest BCUT2D eigenvalue weighted by Gasteiger charge is 2.23. The lowest BCUT2D eigenvalue weighted by atomic mass is 10.1. The fraction of sp³-hybridized carbons (Fsp3) is 1.00. The maximum atomic E-state index is 11.1. The van der Waals surface area contributed by atoms with Gasteiger partial charge in [0.1, 0.15) is 0 Å². The average Bonchev–Trinajstić information content (AvgIpc) is 1.60. The molecule has 0 aliphatic rings. The van der Waals surface area contributed by atoms with Gasteiger partial charge in [0.05, 0.1) is 0 Å². The van der Waals surface area contributed by atoms with Crippen LogP contribution in [-0.2, 0) is 10.8 Å². The molecule has 62 valence electrons. The van der Waals surface area contributed by atoms with E-state index in [1.165, 1.54) is 0 Å². The van der Waals surface area contributed by atoms with Gasteiger partial charge in [0, 0.05) is 27.8 Å². The van der Waals surface area contributed by atoms with Crippen molar-refractivity contribution in [1.82, 2.24) is 0 Å². The van der Waals surface area contributed by atoms with E-state index in [1.54, 1.807) is 6.26 Å². The zero-order chi connectivity index (χ0) is 8.36. The van der Waals surface area contributed by atoms with E-state index >= 15 is 0 Å². The molecule has 0 aliphatic carbocycles. The van der Waals surface area contributed by atoms with Crippen LogP contribution in [0, 0.1) is 0 Å². The first-order chi connectivity index (χ1) is 4.36. The molecule has 0 aromatic carbocycles. The van der Waals surface area contributed by atoms with Crippen molar-refractivity contribution >= 4 is 10.8 Å². The molecule has 3 heteroatoms. The third-order valence-corrected chi connectivity index (χ3v) is 3.31. The molecular formula is C7H17NOS. The van der Waals surface area contributed by atoms with Crippen molar-refractivity contribution in [2.24, 2.45) is 5.73 Å². The van der Waals surface area contributed by atoms with Crippen LogP contribution in [-0.4, -0.2) is 21.3 Å². The third kappa shape index (κ3) is 3.32. The minimum absolute atomic E-state index is 0.131. The van der Waals surface area contributed by atoms with Crippen molar-refractivity contribution in [2.75, 3.05) is 6.26 Å². The highest BCUT2D eigenvalue weighted by molar-refractivity contribution is 7.85. The first-order valence-electron chi connectivity index (χ1n) is 3.45. The van der Waals surface area contributed by atoms with Crippen molar-refractivity contribution in [3.63, 3.8) is 0 Å². The van der Waals surface area contributed by atoms with E-state index in [0.29, 0.717) is 0 Å². The summed E-state index contributed by atoms with van der Waals surface area (Å²) in [7, 11) is -0.776. The lowest BCUT2D eigenvalue weighted by Gasteiger charge is -2.23. The summed E-state index contributed by atoms with van der Waals surface area (Å²) >= 11 is 0. The topological polar surface area (TPSA) is 43.1 Å². The van der Waals surface area contributed by atoms with Crippen molar-refractivity contribution < 1.29 is 4.21 Å². The van der Waals surface area contributed by atoms with E-state index in [-0.39, 0.29) is 10.8 Å². The fourth-order valence-electron chi connectivity index (χ4n) is 0.893. The average molecular weight is 163 g/mol. The highest BCUT2D eigenvalue weighted by Crippen LogP contribution is 2.17. The summed E-state index contributed by atoms with van der Waals surface area (Å²) in [6.45, 7) is 5.90. The fourth-order valence-corrected chi connectivity index (χ4v) is 1.39. The van der Waals surface area contributed by atoms with Gasteiger partial charge in [-0.2, -0.15) is 0 Å². The van der Waals surface area contributed by atoms with Crippen LogP contribution in [0.4, 0.5) is 0 Å². The van der Waals surface area contributed by atoms with E-state index in [4.69, 9.17) is 5.73 Å². The van der Waals surface area contributed by atoms with Gasteiger partial charge in [-0.15, -0.1) is 0 Å². The second kappa shape index (κ2) is 3.49. The van der Waals surface area contributed by atoms with Gasteiger partial charge < -0.3 is 5.73 Å². The largest absolute Gasteiger partial charge is 0.328 e. The van der Waals surface area contributed by atoms with Gasteiger partial charge in [-0.3, -0.25) is 4.21 Å². The molecule has 2 N–H and O–H groups in total. The molecule has 0 radical (unpaired) electrons. The molecule has 2 nitrogen and oxygen atoms in total. The van der Waals surface area contributed by atoms with Gasteiger partial charge in [-0.05, 0) is 27.2 Å². The molecule has 0 saturated carbocycles. The van der Waals surface area contributed by atoms with Crippen LogP contribution in [0.3, 0.4) is 0 Å². The third-order valence-electron chi connectivity index (χ3n) is 1.59. The van der Waals surface area contributed by atoms with E-state index in [0.717, 1.165) is 6.42 Å². The van der Waals surface area contributed by atoms with Crippen LogP contribution < -0.4 is 5.73 Å². The number of hydrogen-bond acceptors (Lipinski definition) is 2. The molecule has 2 atom stereocenters. The molecule has 2 unspecified atom stereocenters. The monoisotopic (exact) mass is 163 g/mol. The molecule has 10 heavy (non-hydrogen) atoms. The van der Waals surface area contributed by atoms with Gasteiger partial charge in [0.2, 0.25) is 0 Å². The summed E-state index contributed by atoms with van der Waals surface area (Å²) in [5, 5.41) is 0. The SMILES string of the molecule is CC(N)CC(C)(C)S(C)=O. The standard InChI is InChI=1S/C7H17NOS/c1-6(8)5-7(2,3)10(4)9/h6H,5,8H2,1-4H3. The highest BCUT2D eigenvalue weighted by atomic mass is 32.2.